The number of likely N-dealkylation sites (tertiary alicyclic amines) is 1. The van der Waals surface area contributed by atoms with Crippen molar-refractivity contribution in [1.29, 1.82) is 0 Å². The summed E-state index contributed by atoms with van der Waals surface area (Å²) < 4.78 is 19.5. The molecule has 0 radical (unpaired) electrons. The van der Waals surface area contributed by atoms with E-state index in [2.05, 4.69) is 4.90 Å². The number of rotatable bonds is 1. The van der Waals surface area contributed by atoms with Gasteiger partial charge < -0.3 is 10.5 Å². The van der Waals surface area contributed by atoms with Gasteiger partial charge in [-0.2, -0.15) is 0 Å². The maximum Gasteiger partial charge on any atom is 0.125 e. The molecule has 0 aromatic heterocycles. The molecule has 4 rings (SSSR count). The third-order valence-corrected chi connectivity index (χ3v) is 4.70. The molecule has 2 N–H and O–H groups in total. The van der Waals surface area contributed by atoms with Gasteiger partial charge in [0.05, 0.1) is 0 Å². The van der Waals surface area contributed by atoms with E-state index in [0.717, 1.165) is 43.3 Å². The molecule has 19 heavy (non-hydrogen) atoms. The van der Waals surface area contributed by atoms with Gasteiger partial charge in [0.1, 0.15) is 17.2 Å². The second-order valence-electron chi connectivity index (χ2n) is 6.23. The van der Waals surface area contributed by atoms with Crippen LogP contribution in [-0.4, -0.2) is 29.6 Å². The minimum atomic E-state index is -0.236. The Morgan fingerprint density at radius 2 is 2.21 bits per heavy atom. The fourth-order valence-electron chi connectivity index (χ4n) is 3.56. The van der Waals surface area contributed by atoms with Gasteiger partial charge in [-0.15, -0.1) is 0 Å². The minimum absolute atomic E-state index is 0.112. The fraction of sp³-hybridized carbons (Fsp3) is 0.600. The van der Waals surface area contributed by atoms with Gasteiger partial charge in [-0.25, -0.2) is 4.39 Å². The molecule has 2 atom stereocenters. The Labute approximate surface area is 112 Å². The lowest BCUT2D eigenvalue weighted by Gasteiger charge is -2.38. The van der Waals surface area contributed by atoms with Crippen LogP contribution in [0, 0.1) is 5.82 Å². The third kappa shape index (κ3) is 1.94. The summed E-state index contributed by atoms with van der Waals surface area (Å²) in [5.74, 6) is 0.539. The van der Waals surface area contributed by atoms with Gasteiger partial charge in [-0.05, 0) is 31.0 Å². The Morgan fingerprint density at radius 1 is 1.37 bits per heavy atom. The van der Waals surface area contributed by atoms with Gasteiger partial charge >= 0.3 is 0 Å². The highest BCUT2D eigenvalue weighted by Crippen LogP contribution is 2.44. The van der Waals surface area contributed by atoms with Crippen LogP contribution in [0.5, 0.6) is 5.75 Å². The Kier molecular flexibility index (Phi) is 2.42. The largest absolute Gasteiger partial charge is 0.485 e. The molecular weight excluding hydrogens is 243 g/mol. The summed E-state index contributed by atoms with van der Waals surface area (Å²) in [6.07, 6.45) is 4.48. The van der Waals surface area contributed by atoms with Crippen LogP contribution in [0.25, 0.3) is 0 Å². The van der Waals surface area contributed by atoms with Gasteiger partial charge in [-0.1, -0.05) is 0 Å². The van der Waals surface area contributed by atoms with Crippen LogP contribution in [0.15, 0.2) is 18.2 Å². The van der Waals surface area contributed by atoms with Crippen LogP contribution in [-0.2, 0) is 0 Å². The number of halogens is 1. The highest BCUT2D eigenvalue weighted by Gasteiger charge is 2.48. The molecule has 1 aliphatic carbocycles. The van der Waals surface area contributed by atoms with E-state index in [-0.39, 0.29) is 17.5 Å². The fourth-order valence-corrected chi connectivity index (χ4v) is 3.56. The molecule has 0 amide bonds. The van der Waals surface area contributed by atoms with E-state index in [1.807, 2.05) is 0 Å². The monoisotopic (exact) mass is 262 g/mol. The van der Waals surface area contributed by atoms with Gasteiger partial charge in [0.2, 0.25) is 0 Å². The first-order valence-electron chi connectivity index (χ1n) is 7.13. The summed E-state index contributed by atoms with van der Waals surface area (Å²) in [6.45, 7) is 2.08. The third-order valence-electron chi connectivity index (χ3n) is 4.70. The maximum absolute atomic E-state index is 13.3. The van der Waals surface area contributed by atoms with E-state index < -0.39 is 0 Å². The van der Waals surface area contributed by atoms with Gasteiger partial charge in [0.25, 0.3) is 0 Å². The number of benzene rings is 1. The van der Waals surface area contributed by atoms with Crippen molar-refractivity contribution in [3.63, 3.8) is 0 Å². The van der Waals surface area contributed by atoms with Crippen LogP contribution < -0.4 is 10.5 Å². The SMILES string of the molecule is N[C@@H]1CC2(CCN(C3CC3)C2)Oc2ccc(F)cc21. The number of hydrogen-bond donors (Lipinski definition) is 1. The Hall–Kier alpha value is -1.13. The van der Waals surface area contributed by atoms with Crippen LogP contribution >= 0.6 is 0 Å². The molecule has 1 aromatic rings. The van der Waals surface area contributed by atoms with Gasteiger partial charge in [0.15, 0.2) is 0 Å². The van der Waals surface area contributed by atoms with E-state index in [1.54, 1.807) is 6.07 Å². The highest BCUT2D eigenvalue weighted by atomic mass is 19.1. The predicted molar refractivity (Wildman–Crippen MR) is 70.5 cm³/mol. The molecular formula is C15H19FN2O. The first-order chi connectivity index (χ1) is 9.15. The average molecular weight is 262 g/mol. The second-order valence-corrected chi connectivity index (χ2v) is 6.23. The Balaban J connectivity index is 1.62. The topological polar surface area (TPSA) is 38.5 Å². The zero-order valence-corrected chi connectivity index (χ0v) is 10.9. The van der Waals surface area contributed by atoms with E-state index in [0.29, 0.717) is 0 Å². The lowest BCUT2D eigenvalue weighted by atomic mass is 9.87. The molecule has 1 saturated heterocycles. The molecule has 2 aliphatic heterocycles. The predicted octanol–water partition coefficient (Wildman–Crippen LogP) is 2.21. The van der Waals surface area contributed by atoms with E-state index >= 15 is 0 Å². The first-order valence-corrected chi connectivity index (χ1v) is 7.13. The van der Waals surface area contributed by atoms with Crippen LogP contribution in [0.3, 0.4) is 0 Å². The molecule has 3 aliphatic rings. The van der Waals surface area contributed by atoms with Crippen LogP contribution in [0.2, 0.25) is 0 Å². The van der Waals surface area contributed by atoms with Crippen LogP contribution in [0.4, 0.5) is 4.39 Å². The molecule has 1 saturated carbocycles. The summed E-state index contributed by atoms with van der Waals surface area (Å²) in [4.78, 5) is 2.53. The zero-order chi connectivity index (χ0) is 13.0. The Bertz CT molecular complexity index is 517. The number of fused-ring (bicyclic) bond motifs is 1. The summed E-state index contributed by atoms with van der Waals surface area (Å²) in [7, 11) is 0. The number of ether oxygens (including phenoxy) is 1. The molecule has 102 valence electrons. The standard InChI is InChI=1S/C15H19FN2O/c16-10-1-4-14-12(7-10)13(17)8-15(19-14)5-6-18(9-15)11-2-3-11/h1,4,7,11,13H,2-3,5-6,8-9,17H2/t13-,15?/m1/s1. The van der Waals surface area contributed by atoms with E-state index in [1.165, 1.54) is 25.0 Å². The zero-order valence-electron chi connectivity index (χ0n) is 10.9. The summed E-state index contributed by atoms with van der Waals surface area (Å²) in [5, 5.41) is 0. The van der Waals surface area contributed by atoms with Crippen molar-refractivity contribution < 1.29 is 9.13 Å². The highest BCUT2D eigenvalue weighted by molar-refractivity contribution is 5.39. The van der Waals surface area contributed by atoms with Crippen molar-refractivity contribution in [1.82, 2.24) is 4.90 Å². The number of hydrogen-bond acceptors (Lipinski definition) is 3. The average Bonchev–Trinajstić information content (AvgIpc) is 3.15. The van der Waals surface area contributed by atoms with E-state index in [4.69, 9.17) is 10.5 Å². The lowest BCUT2D eigenvalue weighted by molar-refractivity contribution is 0.0431. The molecule has 4 heteroatoms. The van der Waals surface area contributed by atoms with Crippen molar-refractivity contribution in [2.75, 3.05) is 13.1 Å². The quantitative estimate of drug-likeness (QED) is 0.843. The molecule has 2 heterocycles. The summed E-state index contributed by atoms with van der Waals surface area (Å²) in [5.41, 5.74) is 6.91. The molecule has 3 nitrogen and oxygen atoms in total. The summed E-state index contributed by atoms with van der Waals surface area (Å²) >= 11 is 0. The van der Waals surface area contributed by atoms with Gasteiger partial charge in [-0.3, -0.25) is 4.90 Å². The molecule has 1 aromatic carbocycles. The first kappa shape index (κ1) is 11.7. The number of nitrogens with zero attached hydrogens (tertiary/aromatic N) is 1. The number of nitrogens with two attached hydrogens (primary N) is 1. The van der Waals surface area contributed by atoms with Crippen molar-refractivity contribution in [3.05, 3.63) is 29.6 Å². The van der Waals surface area contributed by atoms with Gasteiger partial charge in [0, 0.05) is 43.6 Å². The van der Waals surface area contributed by atoms with Crippen molar-refractivity contribution >= 4 is 0 Å². The maximum atomic E-state index is 13.3. The van der Waals surface area contributed by atoms with E-state index in [9.17, 15) is 4.39 Å². The van der Waals surface area contributed by atoms with Crippen molar-refractivity contribution in [3.8, 4) is 5.75 Å². The smallest absolute Gasteiger partial charge is 0.125 e. The summed E-state index contributed by atoms with van der Waals surface area (Å²) in [6, 6.07) is 5.36. The minimum Gasteiger partial charge on any atom is -0.485 e. The molecule has 0 bridgehead atoms. The van der Waals surface area contributed by atoms with Crippen molar-refractivity contribution in [2.24, 2.45) is 5.73 Å². The van der Waals surface area contributed by atoms with Crippen molar-refractivity contribution in [2.45, 2.75) is 43.4 Å². The Morgan fingerprint density at radius 3 is 3.00 bits per heavy atom. The lowest BCUT2D eigenvalue weighted by Crippen LogP contribution is -2.45. The van der Waals surface area contributed by atoms with Crippen LogP contribution in [0.1, 0.15) is 37.3 Å². The second kappa shape index (κ2) is 3.93. The normalized spacial score (nSPS) is 34.3. The molecule has 1 unspecified atom stereocenters. The molecule has 2 fully saturated rings. The molecule has 1 spiro atoms.